The third-order valence-electron chi connectivity index (χ3n) is 5.65. The third kappa shape index (κ3) is 4.55. The first-order valence-electron chi connectivity index (χ1n) is 10.5. The van der Waals surface area contributed by atoms with Crippen molar-refractivity contribution in [2.24, 2.45) is 0 Å². The minimum atomic E-state index is -0.492. The minimum Gasteiger partial charge on any atom is -0.441 e. The summed E-state index contributed by atoms with van der Waals surface area (Å²) in [6, 6.07) is 13.2. The Labute approximate surface area is 185 Å². The van der Waals surface area contributed by atoms with E-state index >= 15 is 0 Å². The number of aromatic nitrogens is 1. The Balaban J connectivity index is 1.38. The van der Waals surface area contributed by atoms with E-state index in [1.54, 1.807) is 36.2 Å². The number of amides is 2. The molecule has 0 bridgehead atoms. The summed E-state index contributed by atoms with van der Waals surface area (Å²) in [7, 11) is 1.59. The number of rotatable bonds is 5. The number of hydrogen-bond donors (Lipinski definition) is 1. The third-order valence-corrected chi connectivity index (χ3v) is 5.65. The van der Waals surface area contributed by atoms with Gasteiger partial charge in [-0.15, -0.1) is 0 Å². The van der Waals surface area contributed by atoms with Gasteiger partial charge in [0.15, 0.2) is 0 Å². The molecule has 1 aliphatic heterocycles. The smallest absolute Gasteiger partial charge is 0.256 e. The molecule has 0 aliphatic carbocycles. The Morgan fingerprint density at radius 2 is 1.75 bits per heavy atom. The zero-order valence-corrected chi connectivity index (χ0v) is 18.1. The van der Waals surface area contributed by atoms with E-state index in [9.17, 15) is 14.0 Å². The van der Waals surface area contributed by atoms with Gasteiger partial charge in [0.2, 0.25) is 5.89 Å². The fourth-order valence-corrected chi connectivity index (χ4v) is 3.73. The van der Waals surface area contributed by atoms with Gasteiger partial charge in [0.05, 0.1) is 11.3 Å². The van der Waals surface area contributed by atoms with E-state index in [0.29, 0.717) is 44.2 Å². The van der Waals surface area contributed by atoms with E-state index in [-0.39, 0.29) is 17.4 Å². The standard InChI is InChI=1S/C24H25FN4O3/c1-16-21(27-23(32-16)18-9-7-17(8-10-18)22(30)26-2)15-28-11-13-29(14-12-28)24(31)19-5-3-4-6-20(19)25/h3-10H,11-15H2,1-2H3,(H,26,30). The van der Waals surface area contributed by atoms with Crippen LogP contribution < -0.4 is 5.32 Å². The lowest BCUT2D eigenvalue weighted by Gasteiger charge is -2.34. The van der Waals surface area contributed by atoms with Gasteiger partial charge in [-0.1, -0.05) is 12.1 Å². The molecule has 0 saturated carbocycles. The van der Waals surface area contributed by atoms with E-state index < -0.39 is 5.82 Å². The predicted octanol–water partition coefficient (Wildman–Crippen LogP) is 3.11. The molecule has 0 spiro atoms. The lowest BCUT2D eigenvalue weighted by Crippen LogP contribution is -2.48. The molecule has 0 radical (unpaired) electrons. The topological polar surface area (TPSA) is 78.7 Å². The van der Waals surface area contributed by atoms with Gasteiger partial charge in [-0.2, -0.15) is 0 Å². The van der Waals surface area contributed by atoms with Crippen LogP contribution in [0.5, 0.6) is 0 Å². The van der Waals surface area contributed by atoms with Crippen LogP contribution >= 0.6 is 0 Å². The summed E-state index contributed by atoms with van der Waals surface area (Å²) in [6.07, 6.45) is 0. The molecule has 4 rings (SSSR count). The Morgan fingerprint density at radius 1 is 1.06 bits per heavy atom. The number of benzene rings is 2. The predicted molar refractivity (Wildman–Crippen MR) is 118 cm³/mol. The highest BCUT2D eigenvalue weighted by Crippen LogP contribution is 2.23. The monoisotopic (exact) mass is 436 g/mol. The quantitative estimate of drug-likeness (QED) is 0.665. The van der Waals surface area contributed by atoms with Crippen molar-refractivity contribution < 1.29 is 18.4 Å². The molecule has 1 fully saturated rings. The normalized spacial score (nSPS) is 14.4. The number of nitrogens with one attached hydrogen (secondary N) is 1. The second-order valence-electron chi connectivity index (χ2n) is 7.73. The van der Waals surface area contributed by atoms with E-state index in [1.807, 2.05) is 19.1 Å². The van der Waals surface area contributed by atoms with Crippen molar-refractivity contribution >= 4 is 11.8 Å². The molecule has 1 aromatic heterocycles. The highest BCUT2D eigenvalue weighted by Gasteiger charge is 2.25. The number of aryl methyl sites for hydroxylation is 1. The van der Waals surface area contributed by atoms with Gasteiger partial charge in [-0.05, 0) is 43.3 Å². The molecule has 7 nitrogen and oxygen atoms in total. The van der Waals surface area contributed by atoms with E-state index in [2.05, 4.69) is 15.2 Å². The molecular weight excluding hydrogens is 411 g/mol. The lowest BCUT2D eigenvalue weighted by atomic mass is 10.1. The summed E-state index contributed by atoms with van der Waals surface area (Å²) in [4.78, 5) is 32.8. The summed E-state index contributed by atoms with van der Waals surface area (Å²) >= 11 is 0. The SMILES string of the molecule is CNC(=O)c1ccc(-c2nc(CN3CCN(C(=O)c4ccccc4F)CC3)c(C)o2)cc1. The van der Waals surface area contributed by atoms with Crippen LogP contribution in [0.3, 0.4) is 0 Å². The number of piperazine rings is 1. The van der Waals surface area contributed by atoms with Crippen molar-refractivity contribution in [3.05, 3.63) is 76.9 Å². The van der Waals surface area contributed by atoms with Crippen molar-refractivity contribution in [3.63, 3.8) is 0 Å². The Bertz CT molecular complexity index is 1120. The van der Waals surface area contributed by atoms with Crippen LogP contribution in [0, 0.1) is 12.7 Å². The molecule has 32 heavy (non-hydrogen) atoms. The van der Waals surface area contributed by atoms with Crippen molar-refractivity contribution in [2.45, 2.75) is 13.5 Å². The van der Waals surface area contributed by atoms with E-state index in [1.165, 1.54) is 12.1 Å². The summed E-state index contributed by atoms with van der Waals surface area (Å²) in [6.45, 7) is 4.87. The molecular formula is C24H25FN4O3. The first-order valence-corrected chi connectivity index (χ1v) is 10.5. The van der Waals surface area contributed by atoms with E-state index in [0.717, 1.165) is 17.0 Å². The molecule has 1 saturated heterocycles. The number of oxazole rings is 1. The first-order chi connectivity index (χ1) is 15.5. The highest BCUT2D eigenvalue weighted by molar-refractivity contribution is 5.95. The molecule has 2 amide bonds. The minimum absolute atomic E-state index is 0.111. The average molecular weight is 436 g/mol. The van der Waals surface area contributed by atoms with Crippen LogP contribution in [-0.2, 0) is 6.54 Å². The maximum atomic E-state index is 13.9. The number of halogens is 1. The summed E-state index contributed by atoms with van der Waals surface area (Å²) < 4.78 is 19.8. The Morgan fingerprint density at radius 3 is 2.41 bits per heavy atom. The average Bonchev–Trinajstić information content (AvgIpc) is 3.19. The van der Waals surface area contributed by atoms with Crippen molar-refractivity contribution in [1.29, 1.82) is 0 Å². The van der Waals surface area contributed by atoms with Crippen molar-refractivity contribution in [2.75, 3.05) is 33.2 Å². The second-order valence-corrected chi connectivity index (χ2v) is 7.73. The van der Waals surface area contributed by atoms with Gasteiger partial charge in [0.25, 0.3) is 11.8 Å². The fraction of sp³-hybridized carbons (Fsp3) is 0.292. The Kier molecular flexibility index (Phi) is 6.32. The molecule has 3 aromatic rings. The fourth-order valence-electron chi connectivity index (χ4n) is 3.73. The molecule has 0 atom stereocenters. The van der Waals surface area contributed by atoms with Crippen LogP contribution in [0.15, 0.2) is 52.9 Å². The Hall–Kier alpha value is -3.52. The molecule has 2 aromatic carbocycles. The van der Waals surface area contributed by atoms with Gasteiger partial charge in [0.1, 0.15) is 11.6 Å². The zero-order chi connectivity index (χ0) is 22.7. The maximum Gasteiger partial charge on any atom is 0.256 e. The number of carbonyl (C=O) groups is 2. The molecule has 166 valence electrons. The van der Waals surface area contributed by atoms with Gasteiger partial charge in [-0.3, -0.25) is 14.5 Å². The molecule has 1 aliphatic rings. The number of carbonyl (C=O) groups excluding carboxylic acids is 2. The summed E-state index contributed by atoms with van der Waals surface area (Å²) in [5, 5.41) is 2.59. The van der Waals surface area contributed by atoms with Crippen LogP contribution in [-0.4, -0.2) is 59.8 Å². The zero-order valence-electron chi connectivity index (χ0n) is 18.1. The van der Waals surface area contributed by atoms with E-state index in [4.69, 9.17) is 4.42 Å². The largest absolute Gasteiger partial charge is 0.441 e. The number of hydrogen-bond acceptors (Lipinski definition) is 5. The molecule has 0 unspecified atom stereocenters. The summed E-state index contributed by atoms with van der Waals surface area (Å²) in [5.74, 6) is 0.333. The summed E-state index contributed by atoms with van der Waals surface area (Å²) in [5.41, 5.74) is 2.32. The molecule has 8 heteroatoms. The van der Waals surface area contributed by atoms with Gasteiger partial charge in [0, 0.05) is 50.9 Å². The lowest BCUT2D eigenvalue weighted by molar-refractivity contribution is 0.0622. The van der Waals surface area contributed by atoms with Gasteiger partial charge in [-0.25, -0.2) is 9.37 Å². The van der Waals surface area contributed by atoms with Crippen LogP contribution in [0.1, 0.15) is 32.2 Å². The number of nitrogens with zero attached hydrogens (tertiary/aromatic N) is 3. The van der Waals surface area contributed by atoms with Crippen LogP contribution in [0.2, 0.25) is 0 Å². The molecule has 2 heterocycles. The van der Waals surface area contributed by atoms with Crippen LogP contribution in [0.4, 0.5) is 4.39 Å². The highest BCUT2D eigenvalue weighted by atomic mass is 19.1. The van der Waals surface area contributed by atoms with Crippen molar-refractivity contribution in [1.82, 2.24) is 20.1 Å². The second kappa shape index (κ2) is 9.32. The van der Waals surface area contributed by atoms with Crippen LogP contribution in [0.25, 0.3) is 11.5 Å². The van der Waals surface area contributed by atoms with Crippen molar-refractivity contribution in [3.8, 4) is 11.5 Å². The molecule has 1 N–H and O–H groups in total. The van der Waals surface area contributed by atoms with Gasteiger partial charge >= 0.3 is 0 Å². The first kappa shape index (κ1) is 21.7. The van der Waals surface area contributed by atoms with Gasteiger partial charge < -0.3 is 14.6 Å². The maximum absolute atomic E-state index is 13.9.